The van der Waals surface area contributed by atoms with Crippen LogP contribution in [0.5, 0.6) is 17.5 Å². The number of ether oxygens (including phenoxy) is 3. The van der Waals surface area contributed by atoms with Crippen molar-refractivity contribution in [1.82, 2.24) is 14.3 Å². The minimum absolute atomic E-state index is 0.273. The third kappa shape index (κ3) is 3.19. The topological polar surface area (TPSA) is 90.9 Å². The van der Waals surface area contributed by atoms with Crippen LogP contribution < -0.4 is 14.2 Å². The Labute approximate surface area is 151 Å². The molecular formula is C17H19N3O5S. The van der Waals surface area contributed by atoms with Gasteiger partial charge >= 0.3 is 0 Å². The number of aromatic nitrogens is 2. The highest BCUT2D eigenvalue weighted by atomic mass is 32.2. The summed E-state index contributed by atoms with van der Waals surface area (Å²) in [5.41, 5.74) is 0.935. The van der Waals surface area contributed by atoms with Crippen molar-refractivity contribution in [3.05, 3.63) is 36.2 Å². The summed E-state index contributed by atoms with van der Waals surface area (Å²) >= 11 is 0. The van der Waals surface area contributed by atoms with Crippen LogP contribution in [0.25, 0.3) is 0 Å². The van der Waals surface area contributed by atoms with E-state index in [4.69, 9.17) is 14.2 Å². The number of sulfonamides is 1. The van der Waals surface area contributed by atoms with Crippen molar-refractivity contribution in [2.45, 2.75) is 23.8 Å². The molecule has 2 aromatic rings. The van der Waals surface area contributed by atoms with E-state index in [1.807, 2.05) is 0 Å². The van der Waals surface area contributed by atoms with Gasteiger partial charge in [0.1, 0.15) is 11.9 Å². The fourth-order valence-electron chi connectivity index (χ4n) is 3.14. The molecule has 0 amide bonds. The van der Waals surface area contributed by atoms with Gasteiger partial charge < -0.3 is 14.2 Å². The Kier molecular flexibility index (Phi) is 4.41. The number of methoxy groups -OCH3 is 1. The standard InChI is InChI=1S/C17H19N3O5S/c1-23-16-9-18-10-17(19-16)25-13-4-6-20(11-13)26(21,22)14-2-3-15-12(8-14)5-7-24-15/h2-3,8-10,13H,4-7,11H2,1H3. The zero-order valence-electron chi connectivity index (χ0n) is 14.3. The van der Waals surface area contributed by atoms with Gasteiger partial charge in [-0.05, 0) is 30.2 Å². The van der Waals surface area contributed by atoms with Crippen molar-refractivity contribution in [2.75, 3.05) is 26.8 Å². The van der Waals surface area contributed by atoms with E-state index in [0.717, 1.165) is 17.7 Å². The molecule has 1 fully saturated rings. The monoisotopic (exact) mass is 377 g/mol. The van der Waals surface area contributed by atoms with Gasteiger partial charge in [0.05, 0.1) is 37.6 Å². The third-order valence-electron chi connectivity index (χ3n) is 4.49. The number of nitrogens with zero attached hydrogens (tertiary/aromatic N) is 3. The van der Waals surface area contributed by atoms with E-state index >= 15 is 0 Å². The molecule has 1 aromatic heterocycles. The maximum absolute atomic E-state index is 12.9. The predicted molar refractivity (Wildman–Crippen MR) is 92.0 cm³/mol. The zero-order chi connectivity index (χ0) is 18.1. The first-order chi connectivity index (χ1) is 12.6. The normalized spacial score (nSPS) is 19.8. The molecule has 1 aromatic carbocycles. The van der Waals surface area contributed by atoms with Gasteiger partial charge in [-0.3, -0.25) is 4.98 Å². The molecule has 0 N–H and O–H groups in total. The van der Waals surface area contributed by atoms with Crippen LogP contribution in [-0.4, -0.2) is 55.6 Å². The molecule has 138 valence electrons. The number of hydrogen-bond donors (Lipinski definition) is 0. The molecule has 0 aliphatic carbocycles. The number of benzene rings is 1. The van der Waals surface area contributed by atoms with Crippen LogP contribution in [0.2, 0.25) is 0 Å². The van der Waals surface area contributed by atoms with Crippen molar-refractivity contribution in [1.29, 1.82) is 0 Å². The average Bonchev–Trinajstić information content (AvgIpc) is 3.30. The summed E-state index contributed by atoms with van der Waals surface area (Å²) in [4.78, 5) is 8.44. The quantitative estimate of drug-likeness (QED) is 0.775. The van der Waals surface area contributed by atoms with Gasteiger partial charge in [0, 0.05) is 13.0 Å². The van der Waals surface area contributed by atoms with Crippen molar-refractivity contribution in [3.63, 3.8) is 0 Å². The predicted octanol–water partition coefficient (Wildman–Crippen LogP) is 1.26. The summed E-state index contributed by atoms with van der Waals surface area (Å²) in [5.74, 6) is 1.44. The Balaban J connectivity index is 1.47. The lowest BCUT2D eigenvalue weighted by molar-refractivity contribution is 0.203. The van der Waals surface area contributed by atoms with Crippen molar-refractivity contribution in [3.8, 4) is 17.5 Å². The second-order valence-electron chi connectivity index (χ2n) is 6.16. The molecule has 1 saturated heterocycles. The molecule has 0 bridgehead atoms. The van der Waals surface area contributed by atoms with Crippen LogP contribution in [-0.2, 0) is 16.4 Å². The van der Waals surface area contributed by atoms with Gasteiger partial charge in [-0.1, -0.05) is 0 Å². The van der Waals surface area contributed by atoms with E-state index in [2.05, 4.69) is 9.97 Å². The summed E-state index contributed by atoms with van der Waals surface area (Å²) in [7, 11) is -2.06. The van der Waals surface area contributed by atoms with Crippen molar-refractivity contribution >= 4 is 10.0 Å². The molecule has 2 aliphatic heterocycles. The fraction of sp³-hybridized carbons (Fsp3) is 0.412. The van der Waals surface area contributed by atoms with E-state index in [1.54, 1.807) is 18.2 Å². The Morgan fingerprint density at radius 3 is 2.96 bits per heavy atom. The first-order valence-corrected chi connectivity index (χ1v) is 9.79. The van der Waals surface area contributed by atoms with Crippen molar-refractivity contribution in [2.24, 2.45) is 0 Å². The molecular weight excluding hydrogens is 358 g/mol. The smallest absolute Gasteiger partial charge is 0.243 e. The minimum atomic E-state index is -3.56. The zero-order valence-corrected chi connectivity index (χ0v) is 15.1. The first kappa shape index (κ1) is 17.0. The van der Waals surface area contributed by atoms with Crippen LogP contribution in [0, 0.1) is 0 Å². The van der Waals surface area contributed by atoms with Crippen LogP contribution in [0.4, 0.5) is 0 Å². The lowest BCUT2D eigenvalue weighted by atomic mass is 10.2. The Morgan fingerprint density at radius 2 is 2.12 bits per heavy atom. The molecule has 2 aliphatic rings. The summed E-state index contributed by atoms with van der Waals surface area (Å²) in [5, 5.41) is 0. The molecule has 26 heavy (non-hydrogen) atoms. The van der Waals surface area contributed by atoms with Crippen LogP contribution in [0.3, 0.4) is 0 Å². The van der Waals surface area contributed by atoms with E-state index in [9.17, 15) is 8.42 Å². The molecule has 9 heteroatoms. The molecule has 1 unspecified atom stereocenters. The highest BCUT2D eigenvalue weighted by Gasteiger charge is 2.34. The summed E-state index contributed by atoms with van der Waals surface area (Å²) in [6.07, 6.45) is 4.02. The van der Waals surface area contributed by atoms with Gasteiger partial charge in [0.2, 0.25) is 21.8 Å². The van der Waals surface area contributed by atoms with Crippen LogP contribution >= 0.6 is 0 Å². The van der Waals surface area contributed by atoms with Gasteiger partial charge in [-0.25, -0.2) is 8.42 Å². The van der Waals surface area contributed by atoms with E-state index in [0.29, 0.717) is 36.2 Å². The van der Waals surface area contributed by atoms with Gasteiger partial charge in [0.15, 0.2) is 0 Å². The minimum Gasteiger partial charge on any atom is -0.493 e. The van der Waals surface area contributed by atoms with E-state index in [1.165, 1.54) is 23.8 Å². The van der Waals surface area contributed by atoms with E-state index < -0.39 is 10.0 Å². The highest BCUT2D eigenvalue weighted by molar-refractivity contribution is 7.89. The Morgan fingerprint density at radius 1 is 1.27 bits per heavy atom. The summed E-state index contributed by atoms with van der Waals surface area (Å²) in [6.45, 7) is 1.27. The van der Waals surface area contributed by atoms with E-state index in [-0.39, 0.29) is 12.6 Å². The lowest BCUT2D eigenvalue weighted by Gasteiger charge is -2.17. The molecule has 8 nitrogen and oxygen atoms in total. The largest absolute Gasteiger partial charge is 0.493 e. The van der Waals surface area contributed by atoms with Crippen LogP contribution in [0.1, 0.15) is 12.0 Å². The first-order valence-electron chi connectivity index (χ1n) is 8.35. The summed E-state index contributed by atoms with van der Waals surface area (Å²) in [6, 6.07) is 5.03. The molecule has 1 atom stereocenters. The maximum Gasteiger partial charge on any atom is 0.243 e. The molecule has 3 heterocycles. The Hall–Kier alpha value is -2.39. The molecule has 4 rings (SSSR count). The maximum atomic E-state index is 12.9. The highest BCUT2D eigenvalue weighted by Crippen LogP contribution is 2.30. The van der Waals surface area contributed by atoms with Crippen molar-refractivity contribution < 1.29 is 22.6 Å². The van der Waals surface area contributed by atoms with Gasteiger partial charge in [-0.2, -0.15) is 9.29 Å². The average molecular weight is 377 g/mol. The second kappa shape index (κ2) is 6.73. The Bertz CT molecular complexity index is 918. The molecule has 0 spiro atoms. The number of rotatable bonds is 5. The number of fused-ring (bicyclic) bond motifs is 1. The SMILES string of the molecule is COc1cncc(OC2CCN(S(=O)(=O)c3ccc4c(c3)CCO4)C2)n1. The fourth-order valence-corrected chi connectivity index (χ4v) is 4.68. The number of hydrogen-bond acceptors (Lipinski definition) is 7. The van der Waals surface area contributed by atoms with Gasteiger partial charge in [0.25, 0.3) is 0 Å². The second-order valence-corrected chi connectivity index (χ2v) is 8.10. The van der Waals surface area contributed by atoms with Gasteiger partial charge in [-0.15, -0.1) is 0 Å². The lowest BCUT2D eigenvalue weighted by Crippen LogP contribution is -2.31. The third-order valence-corrected chi connectivity index (χ3v) is 6.35. The van der Waals surface area contributed by atoms with Crippen LogP contribution in [0.15, 0.2) is 35.5 Å². The summed E-state index contributed by atoms with van der Waals surface area (Å²) < 4.78 is 43.5. The molecule has 0 radical (unpaired) electrons. The molecule has 0 saturated carbocycles.